The lowest BCUT2D eigenvalue weighted by Crippen LogP contribution is -2.36. The minimum Gasteiger partial charge on any atom is -0.393 e. The van der Waals surface area contributed by atoms with Crippen LogP contribution in [-0.4, -0.2) is 33.6 Å². The molecule has 3 nitrogen and oxygen atoms in total. The third kappa shape index (κ3) is 5.06. The molecule has 0 aromatic carbocycles. The molecule has 1 unspecified atom stereocenters. The number of aliphatic hydroxyl groups excluding tert-OH is 3. The van der Waals surface area contributed by atoms with E-state index in [2.05, 4.69) is 32.6 Å². The third-order valence-electron chi connectivity index (χ3n) is 8.31. The predicted octanol–water partition coefficient (Wildman–Crippen LogP) is 5.31. The molecule has 0 saturated heterocycles. The van der Waals surface area contributed by atoms with Crippen molar-refractivity contribution in [3.05, 3.63) is 35.5 Å². The van der Waals surface area contributed by atoms with Crippen LogP contribution in [0.1, 0.15) is 85.0 Å². The molecule has 0 heterocycles. The standard InChI is InChI=1S/C26H42O3/c1-17(7-5-8-18(2)27)22-12-13-23-21(9-6-14-26(22,23)4)11-10-20-15-24(28)19(3)25(29)16-20/h10-11,17-18,22-25,27-29H,3,5-9,12-16H2,1-2,4H3/b21-11+/t17-,18+,22+,23?,24+,25+,26+/m0/s1. The van der Waals surface area contributed by atoms with Crippen LogP contribution in [0.15, 0.2) is 35.5 Å². The van der Waals surface area contributed by atoms with Gasteiger partial charge in [-0.25, -0.2) is 0 Å². The lowest BCUT2D eigenvalue weighted by molar-refractivity contribution is 0.0907. The largest absolute Gasteiger partial charge is 0.393 e. The van der Waals surface area contributed by atoms with Gasteiger partial charge in [0.2, 0.25) is 0 Å². The number of aliphatic hydroxyl groups is 3. The summed E-state index contributed by atoms with van der Waals surface area (Å²) >= 11 is 0. The second-order valence-corrected chi connectivity index (χ2v) is 10.4. The second kappa shape index (κ2) is 9.49. The maximum absolute atomic E-state index is 10.1. The summed E-state index contributed by atoms with van der Waals surface area (Å²) in [5.41, 5.74) is 3.67. The van der Waals surface area contributed by atoms with E-state index in [1.54, 1.807) is 5.57 Å². The Balaban J connectivity index is 1.68. The van der Waals surface area contributed by atoms with E-state index in [0.717, 1.165) is 30.3 Å². The number of hydrogen-bond acceptors (Lipinski definition) is 3. The Kier molecular flexibility index (Phi) is 7.46. The fourth-order valence-corrected chi connectivity index (χ4v) is 6.58. The summed E-state index contributed by atoms with van der Waals surface area (Å²) < 4.78 is 0. The van der Waals surface area contributed by atoms with Gasteiger partial charge < -0.3 is 15.3 Å². The summed E-state index contributed by atoms with van der Waals surface area (Å²) in [6.45, 7) is 10.7. The normalized spacial score (nSPS) is 38.8. The predicted molar refractivity (Wildman–Crippen MR) is 119 cm³/mol. The minimum atomic E-state index is -0.613. The van der Waals surface area contributed by atoms with Crippen LogP contribution in [0.5, 0.6) is 0 Å². The highest BCUT2D eigenvalue weighted by molar-refractivity contribution is 5.29. The van der Waals surface area contributed by atoms with Crippen molar-refractivity contribution in [3.8, 4) is 0 Å². The van der Waals surface area contributed by atoms with E-state index in [-0.39, 0.29) is 6.10 Å². The van der Waals surface area contributed by atoms with Gasteiger partial charge in [0.05, 0.1) is 18.3 Å². The molecule has 3 N–H and O–H groups in total. The quantitative estimate of drug-likeness (QED) is 0.527. The van der Waals surface area contributed by atoms with E-state index in [9.17, 15) is 15.3 Å². The molecule has 0 aromatic rings. The zero-order chi connectivity index (χ0) is 21.2. The van der Waals surface area contributed by atoms with E-state index >= 15 is 0 Å². The van der Waals surface area contributed by atoms with Crippen molar-refractivity contribution in [1.82, 2.24) is 0 Å². The zero-order valence-corrected chi connectivity index (χ0v) is 18.7. The smallest absolute Gasteiger partial charge is 0.0809 e. The highest BCUT2D eigenvalue weighted by Gasteiger charge is 2.50. The van der Waals surface area contributed by atoms with Crippen molar-refractivity contribution < 1.29 is 15.3 Å². The summed E-state index contributed by atoms with van der Waals surface area (Å²) in [6.07, 6.45) is 14.0. The van der Waals surface area contributed by atoms with Crippen molar-refractivity contribution in [2.45, 2.75) is 103 Å². The van der Waals surface area contributed by atoms with Crippen LogP contribution in [0.4, 0.5) is 0 Å². The molecule has 3 rings (SSSR count). The molecular weight excluding hydrogens is 360 g/mol. The first kappa shape index (κ1) is 22.8. The van der Waals surface area contributed by atoms with Crippen LogP contribution in [-0.2, 0) is 0 Å². The maximum atomic E-state index is 10.1. The van der Waals surface area contributed by atoms with Gasteiger partial charge in [0.25, 0.3) is 0 Å². The van der Waals surface area contributed by atoms with Gasteiger partial charge in [0, 0.05) is 0 Å². The average molecular weight is 403 g/mol. The van der Waals surface area contributed by atoms with Crippen molar-refractivity contribution >= 4 is 0 Å². The highest BCUT2D eigenvalue weighted by Crippen LogP contribution is 2.59. The Morgan fingerprint density at radius 1 is 1.10 bits per heavy atom. The lowest BCUT2D eigenvalue weighted by Gasteiger charge is -2.44. The molecule has 7 atom stereocenters. The van der Waals surface area contributed by atoms with Gasteiger partial charge in [-0.1, -0.05) is 56.6 Å². The van der Waals surface area contributed by atoms with Crippen molar-refractivity contribution in [2.24, 2.45) is 23.2 Å². The fraction of sp³-hybridized carbons (Fsp3) is 0.769. The first-order chi connectivity index (χ1) is 13.7. The second-order valence-electron chi connectivity index (χ2n) is 10.4. The first-order valence-corrected chi connectivity index (χ1v) is 11.8. The molecule has 0 aliphatic heterocycles. The Hall–Kier alpha value is -0.900. The zero-order valence-electron chi connectivity index (χ0n) is 18.7. The summed E-state index contributed by atoms with van der Waals surface area (Å²) in [5, 5.41) is 29.8. The van der Waals surface area contributed by atoms with Gasteiger partial charge in [-0.2, -0.15) is 0 Å². The Morgan fingerprint density at radius 3 is 2.45 bits per heavy atom. The van der Waals surface area contributed by atoms with Gasteiger partial charge >= 0.3 is 0 Å². The molecule has 0 aromatic heterocycles. The summed E-state index contributed by atoms with van der Waals surface area (Å²) in [6, 6.07) is 0. The van der Waals surface area contributed by atoms with Crippen LogP contribution in [0.25, 0.3) is 0 Å². The molecule has 0 bridgehead atoms. The third-order valence-corrected chi connectivity index (χ3v) is 8.31. The number of allylic oxidation sites excluding steroid dienone is 3. The molecule has 3 aliphatic rings. The minimum absolute atomic E-state index is 0.180. The lowest BCUT2D eigenvalue weighted by atomic mass is 9.60. The van der Waals surface area contributed by atoms with E-state index in [0.29, 0.717) is 29.7 Å². The van der Waals surface area contributed by atoms with Crippen LogP contribution >= 0.6 is 0 Å². The molecule has 3 saturated carbocycles. The van der Waals surface area contributed by atoms with Crippen LogP contribution in [0, 0.1) is 23.2 Å². The highest BCUT2D eigenvalue weighted by atomic mass is 16.3. The summed E-state index contributed by atoms with van der Waals surface area (Å²) in [7, 11) is 0. The maximum Gasteiger partial charge on any atom is 0.0809 e. The van der Waals surface area contributed by atoms with E-state index < -0.39 is 12.2 Å². The molecular formula is C26H42O3. The van der Waals surface area contributed by atoms with Crippen molar-refractivity contribution in [2.75, 3.05) is 0 Å². The molecule has 3 heteroatoms. The number of rotatable bonds is 6. The fourth-order valence-electron chi connectivity index (χ4n) is 6.58. The Labute approximate surface area is 177 Å². The average Bonchev–Trinajstić information content (AvgIpc) is 3.01. The topological polar surface area (TPSA) is 60.7 Å². The van der Waals surface area contributed by atoms with Crippen molar-refractivity contribution in [1.29, 1.82) is 0 Å². The van der Waals surface area contributed by atoms with Crippen LogP contribution in [0.2, 0.25) is 0 Å². The first-order valence-electron chi connectivity index (χ1n) is 11.8. The monoisotopic (exact) mass is 402 g/mol. The molecule has 3 fully saturated rings. The van der Waals surface area contributed by atoms with Gasteiger partial charge in [-0.3, -0.25) is 0 Å². The van der Waals surface area contributed by atoms with E-state index in [1.807, 2.05) is 6.92 Å². The van der Waals surface area contributed by atoms with Crippen LogP contribution in [0.3, 0.4) is 0 Å². The van der Waals surface area contributed by atoms with Gasteiger partial charge in [-0.15, -0.1) is 0 Å². The Morgan fingerprint density at radius 2 is 1.79 bits per heavy atom. The van der Waals surface area contributed by atoms with Gasteiger partial charge in [0.15, 0.2) is 0 Å². The number of fused-ring (bicyclic) bond motifs is 1. The van der Waals surface area contributed by atoms with E-state index in [1.165, 1.54) is 38.5 Å². The van der Waals surface area contributed by atoms with Gasteiger partial charge in [0.1, 0.15) is 0 Å². The molecule has 3 aliphatic carbocycles. The molecule has 0 spiro atoms. The number of hydrogen-bond donors (Lipinski definition) is 3. The van der Waals surface area contributed by atoms with Gasteiger partial charge in [-0.05, 0) is 87.0 Å². The Bertz CT molecular complexity index is 630. The summed E-state index contributed by atoms with van der Waals surface area (Å²) in [5.74, 6) is 2.17. The molecule has 29 heavy (non-hydrogen) atoms. The van der Waals surface area contributed by atoms with Crippen LogP contribution < -0.4 is 0 Å². The summed E-state index contributed by atoms with van der Waals surface area (Å²) in [4.78, 5) is 0. The van der Waals surface area contributed by atoms with E-state index in [4.69, 9.17) is 0 Å². The SMILES string of the molecule is C=C1[C@H](O)CC(=C/C=C2\CCC[C@@]3(C)C2CC[C@@H]3[C@@H](C)CCC[C@@H](C)O)C[C@H]1O. The molecule has 0 amide bonds. The molecule has 0 radical (unpaired) electrons. The molecule has 164 valence electrons. The van der Waals surface area contributed by atoms with Crippen molar-refractivity contribution in [3.63, 3.8) is 0 Å².